The van der Waals surface area contributed by atoms with E-state index in [0.717, 1.165) is 12.2 Å². The third-order valence-electron chi connectivity index (χ3n) is 5.42. The van der Waals surface area contributed by atoms with Crippen LogP contribution in [0.3, 0.4) is 0 Å². The molecule has 1 aromatic carbocycles. The number of nitrogens with zero attached hydrogens (tertiary/aromatic N) is 6. The monoisotopic (exact) mass is 422 g/mol. The van der Waals surface area contributed by atoms with Crippen molar-refractivity contribution in [2.24, 2.45) is 18.7 Å². The van der Waals surface area contributed by atoms with E-state index in [9.17, 15) is 14.4 Å². The molecule has 3 N–H and O–H groups in total. The SMILES string of the molecule is Cn1ccc(CN2CC[C@@H](n3cc(C(N)=O)c(Nc4ccc(F)cc4)n3)[C@@H](C#N)C2)n1. The summed E-state index contributed by atoms with van der Waals surface area (Å²) < 4.78 is 16.6. The van der Waals surface area contributed by atoms with Crippen LogP contribution in [0.4, 0.5) is 15.9 Å². The van der Waals surface area contributed by atoms with Crippen molar-refractivity contribution in [3.05, 3.63) is 59.8 Å². The third-order valence-corrected chi connectivity index (χ3v) is 5.42. The van der Waals surface area contributed by atoms with Gasteiger partial charge in [0, 0.05) is 44.8 Å². The first-order valence-corrected chi connectivity index (χ1v) is 9.95. The van der Waals surface area contributed by atoms with Gasteiger partial charge in [0.1, 0.15) is 11.4 Å². The Balaban J connectivity index is 1.52. The maximum absolute atomic E-state index is 13.2. The van der Waals surface area contributed by atoms with E-state index in [2.05, 4.69) is 26.5 Å². The molecule has 0 bridgehead atoms. The van der Waals surface area contributed by atoms with Gasteiger partial charge in [-0.25, -0.2) is 4.39 Å². The summed E-state index contributed by atoms with van der Waals surface area (Å²) in [5.41, 5.74) is 7.29. The summed E-state index contributed by atoms with van der Waals surface area (Å²) in [7, 11) is 1.87. The molecule has 9 nitrogen and oxygen atoms in total. The first-order valence-electron chi connectivity index (χ1n) is 9.95. The fourth-order valence-corrected chi connectivity index (χ4v) is 3.87. The molecule has 1 aliphatic rings. The predicted molar refractivity (Wildman–Crippen MR) is 112 cm³/mol. The number of primary amides is 1. The van der Waals surface area contributed by atoms with Crippen LogP contribution in [0.5, 0.6) is 0 Å². The van der Waals surface area contributed by atoms with Gasteiger partial charge in [-0.1, -0.05) is 0 Å². The van der Waals surface area contributed by atoms with Gasteiger partial charge in [-0.2, -0.15) is 15.5 Å². The summed E-state index contributed by atoms with van der Waals surface area (Å²) in [6.07, 6.45) is 4.17. The Kier molecular flexibility index (Phi) is 5.68. The number of carbonyl (C=O) groups excluding carboxylic acids is 1. The topological polar surface area (TPSA) is 118 Å². The standard InChI is InChI=1S/C21H23FN8O/c1-28-8-6-17(26-28)12-29-9-7-19(14(10-23)11-29)30-13-18(20(24)31)21(27-30)25-16-4-2-15(22)3-5-16/h2-6,8,13-14,19H,7,9,11-12H2,1H3,(H2,24,31)(H,25,27)/t14-,19+/m0/s1. The van der Waals surface area contributed by atoms with Gasteiger partial charge < -0.3 is 11.1 Å². The van der Waals surface area contributed by atoms with Crippen LogP contribution < -0.4 is 11.1 Å². The number of halogens is 1. The zero-order valence-corrected chi connectivity index (χ0v) is 17.1. The summed E-state index contributed by atoms with van der Waals surface area (Å²) >= 11 is 0. The average molecular weight is 422 g/mol. The fraction of sp³-hybridized carbons (Fsp3) is 0.333. The number of piperidine rings is 1. The lowest BCUT2D eigenvalue weighted by atomic mass is 9.93. The van der Waals surface area contributed by atoms with Crippen molar-refractivity contribution in [1.29, 1.82) is 5.26 Å². The summed E-state index contributed by atoms with van der Waals surface area (Å²) in [6, 6.07) is 9.88. The number of hydrogen-bond donors (Lipinski definition) is 2. The van der Waals surface area contributed by atoms with E-state index in [-0.39, 0.29) is 29.2 Å². The Bertz CT molecular complexity index is 1110. The Morgan fingerprint density at radius 3 is 2.74 bits per heavy atom. The number of benzene rings is 1. The third kappa shape index (κ3) is 4.57. The molecule has 3 heterocycles. The largest absolute Gasteiger partial charge is 0.365 e. The quantitative estimate of drug-likeness (QED) is 0.629. The highest BCUT2D eigenvalue weighted by Crippen LogP contribution is 2.30. The number of nitrogens with two attached hydrogens (primary N) is 1. The predicted octanol–water partition coefficient (Wildman–Crippen LogP) is 2.18. The molecule has 10 heteroatoms. The molecule has 4 rings (SSSR count). The molecule has 2 aromatic heterocycles. The Labute approximate surface area is 178 Å². The van der Waals surface area contributed by atoms with E-state index >= 15 is 0 Å². The normalized spacial score (nSPS) is 19.1. The molecule has 0 radical (unpaired) electrons. The first-order chi connectivity index (χ1) is 14.9. The van der Waals surface area contributed by atoms with E-state index in [1.807, 2.05) is 19.3 Å². The number of hydrogen-bond acceptors (Lipinski definition) is 6. The number of likely N-dealkylation sites (tertiary alicyclic amines) is 1. The van der Waals surface area contributed by atoms with Gasteiger partial charge in [0.25, 0.3) is 5.91 Å². The molecule has 0 spiro atoms. The fourth-order valence-electron chi connectivity index (χ4n) is 3.87. The first kappa shape index (κ1) is 20.6. The van der Waals surface area contributed by atoms with Gasteiger partial charge in [-0.3, -0.25) is 19.1 Å². The lowest BCUT2D eigenvalue weighted by Gasteiger charge is -2.35. The van der Waals surface area contributed by atoms with E-state index in [1.54, 1.807) is 27.7 Å². The van der Waals surface area contributed by atoms with Crippen molar-refractivity contribution in [2.75, 3.05) is 18.4 Å². The number of anilines is 2. The zero-order chi connectivity index (χ0) is 22.0. The second-order valence-electron chi connectivity index (χ2n) is 7.68. The number of nitriles is 1. The van der Waals surface area contributed by atoms with Crippen molar-refractivity contribution in [3.63, 3.8) is 0 Å². The highest BCUT2D eigenvalue weighted by Gasteiger charge is 2.32. The smallest absolute Gasteiger partial charge is 0.254 e. The molecule has 2 atom stereocenters. The Morgan fingerprint density at radius 2 is 2.10 bits per heavy atom. The molecule has 0 unspecified atom stereocenters. The summed E-state index contributed by atoms with van der Waals surface area (Å²) in [5, 5.41) is 21.7. The van der Waals surface area contributed by atoms with E-state index in [4.69, 9.17) is 5.73 Å². The van der Waals surface area contributed by atoms with Crippen molar-refractivity contribution in [3.8, 4) is 6.07 Å². The molecule has 1 amide bonds. The van der Waals surface area contributed by atoms with Crippen LogP contribution in [0.15, 0.2) is 42.7 Å². The molecule has 1 saturated heterocycles. The minimum absolute atomic E-state index is 0.188. The summed E-state index contributed by atoms with van der Waals surface area (Å²) in [6.45, 7) is 2.02. The van der Waals surface area contributed by atoms with Crippen molar-refractivity contribution < 1.29 is 9.18 Å². The van der Waals surface area contributed by atoms with Gasteiger partial charge in [0.2, 0.25) is 0 Å². The van der Waals surface area contributed by atoms with Crippen LogP contribution in [0.2, 0.25) is 0 Å². The highest BCUT2D eigenvalue weighted by atomic mass is 19.1. The minimum atomic E-state index is -0.628. The average Bonchev–Trinajstić information content (AvgIpc) is 3.35. The lowest BCUT2D eigenvalue weighted by molar-refractivity contribution is 0.100. The number of amides is 1. The van der Waals surface area contributed by atoms with Crippen LogP contribution in [-0.2, 0) is 13.6 Å². The minimum Gasteiger partial charge on any atom is -0.365 e. The van der Waals surface area contributed by atoms with Gasteiger partial charge in [0.05, 0.1) is 23.7 Å². The molecule has 0 aliphatic carbocycles. The molecule has 3 aromatic rings. The van der Waals surface area contributed by atoms with E-state index < -0.39 is 5.91 Å². The molecular weight excluding hydrogens is 399 g/mol. The van der Waals surface area contributed by atoms with Crippen LogP contribution in [0, 0.1) is 23.1 Å². The molecule has 1 aliphatic heterocycles. The second kappa shape index (κ2) is 8.57. The lowest BCUT2D eigenvalue weighted by Crippen LogP contribution is -2.40. The Morgan fingerprint density at radius 1 is 1.32 bits per heavy atom. The molecule has 1 fully saturated rings. The summed E-state index contributed by atoms with van der Waals surface area (Å²) in [5.74, 6) is -1.01. The number of nitrogens with one attached hydrogen (secondary N) is 1. The van der Waals surface area contributed by atoms with E-state index in [0.29, 0.717) is 25.2 Å². The molecule has 31 heavy (non-hydrogen) atoms. The maximum Gasteiger partial charge on any atom is 0.254 e. The molecular formula is C21H23FN8O. The van der Waals surface area contributed by atoms with Crippen LogP contribution in [0.1, 0.15) is 28.5 Å². The van der Waals surface area contributed by atoms with Crippen LogP contribution in [-0.4, -0.2) is 43.5 Å². The number of aromatic nitrogens is 4. The Hall–Kier alpha value is -3.71. The van der Waals surface area contributed by atoms with Crippen LogP contribution >= 0.6 is 0 Å². The van der Waals surface area contributed by atoms with Crippen molar-refractivity contribution in [2.45, 2.75) is 19.0 Å². The summed E-state index contributed by atoms with van der Waals surface area (Å²) in [4.78, 5) is 14.2. The highest BCUT2D eigenvalue weighted by molar-refractivity contribution is 5.98. The maximum atomic E-state index is 13.2. The number of aryl methyl sites for hydroxylation is 1. The molecule has 0 saturated carbocycles. The van der Waals surface area contributed by atoms with Gasteiger partial charge in [-0.15, -0.1) is 0 Å². The van der Waals surface area contributed by atoms with Crippen molar-refractivity contribution in [1.82, 2.24) is 24.5 Å². The van der Waals surface area contributed by atoms with Gasteiger partial charge in [-0.05, 0) is 36.8 Å². The molecule has 160 valence electrons. The number of rotatable bonds is 6. The van der Waals surface area contributed by atoms with Gasteiger partial charge >= 0.3 is 0 Å². The van der Waals surface area contributed by atoms with Crippen molar-refractivity contribution >= 4 is 17.4 Å². The number of carbonyl (C=O) groups is 1. The zero-order valence-electron chi connectivity index (χ0n) is 17.1. The van der Waals surface area contributed by atoms with E-state index in [1.165, 1.54) is 12.1 Å². The van der Waals surface area contributed by atoms with Crippen LogP contribution in [0.25, 0.3) is 0 Å². The second-order valence-corrected chi connectivity index (χ2v) is 7.68. The van der Waals surface area contributed by atoms with Gasteiger partial charge in [0.15, 0.2) is 5.82 Å².